The Morgan fingerprint density at radius 3 is 2.23 bits per heavy atom. The van der Waals surface area contributed by atoms with Crippen molar-refractivity contribution in [3.05, 3.63) is 58.7 Å². The molecule has 35 heavy (non-hydrogen) atoms. The van der Waals surface area contributed by atoms with Gasteiger partial charge in [-0.15, -0.1) is 0 Å². The molecule has 190 valence electrons. The number of benzene rings is 2. The zero-order chi connectivity index (χ0) is 25.9. The number of ether oxygens (including phenoxy) is 4. The third kappa shape index (κ3) is 5.94. The van der Waals surface area contributed by atoms with Crippen molar-refractivity contribution >= 4 is 11.9 Å². The van der Waals surface area contributed by atoms with Crippen LogP contribution in [0.25, 0.3) is 0 Å². The van der Waals surface area contributed by atoms with Crippen molar-refractivity contribution in [2.24, 2.45) is 0 Å². The van der Waals surface area contributed by atoms with E-state index in [1.54, 1.807) is 13.2 Å². The number of aryl methyl sites for hydroxylation is 2. The molecule has 0 saturated carbocycles. The van der Waals surface area contributed by atoms with Crippen LogP contribution >= 0.6 is 0 Å². The van der Waals surface area contributed by atoms with Crippen molar-refractivity contribution in [1.29, 1.82) is 0 Å². The molecule has 3 atom stereocenters. The van der Waals surface area contributed by atoms with Gasteiger partial charge in [0.15, 0.2) is 11.5 Å². The third-order valence-electron chi connectivity index (χ3n) is 6.69. The van der Waals surface area contributed by atoms with Gasteiger partial charge < -0.3 is 24.1 Å². The SMILES string of the molecule is COC(=O)C1Oc2cc(CC(C)(C)N(C)CC(OC)c3ccc(C)cc3)c(C)cc2OC1C(=O)O. The average molecular weight is 486 g/mol. The van der Waals surface area contributed by atoms with E-state index in [1.807, 2.05) is 13.0 Å². The van der Waals surface area contributed by atoms with Gasteiger partial charge in [0.25, 0.3) is 0 Å². The third-order valence-corrected chi connectivity index (χ3v) is 6.69. The molecular weight excluding hydrogens is 450 g/mol. The molecule has 2 aromatic rings. The molecule has 0 saturated heterocycles. The minimum atomic E-state index is -1.48. The highest BCUT2D eigenvalue weighted by Gasteiger charge is 2.43. The van der Waals surface area contributed by atoms with E-state index in [0.29, 0.717) is 24.5 Å². The van der Waals surface area contributed by atoms with Gasteiger partial charge in [0.1, 0.15) is 0 Å². The van der Waals surface area contributed by atoms with Gasteiger partial charge in [0.05, 0.1) is 13.2 Å². The Labute approximate surface area is 206 Å². The summed E-state index contributed by atoms with van der Waals surface area (Å²) >= 11 is 0. The van der Waals surface area contributed by atoms with Crippen molar-refractivity contribution in [3.8, 4) is 11.5 Å². The number of hydrogen-bond donors (Lipinski definition) is 1. The number of fused-ring (bicyclic) bond motifs is 1. The summed E-state index contributed by atoms with van der Waals surface area (Å²) in [5.74, 6) is -1.47. The molecule has 3 unspecified atom stereocenters. The summed E-state index contributed by atoms with van der Waals surface area (Å²) in [6.07, 6.45) is -2.25. The average Bonchev–Trinajstić information content (AvgIpc) is 2.82. The molecule has 0 aromatic heterocycles. The number of likely N-dealkylation sites (N-methyl/N-ethyl adjacent to an activating group) is 1. The van der Waals surface area contributed by atoms with Gasteiger partial charge in [-0.3, -0.25) is 4.90 Å². The van der Waals surface area contributed by atoms with Crippen molar-refractivity contribution in [3.63, 3.8) is 0 Å². The zero-order valence-corrected chi connectivity index (χ0v) is 21.5. The molecule has 0 radical (unpaired) electrons. The number of hydrogen-bond acceptors (Lipinski definition) is 7. The largest absolute Gasteiger partial charge is 0.478 e. The smallest absolute Gasteiger partial charge is 0.351 e. The number of carbonyl (C=O) groups is 2. The molecule has 8 heteroatoms. The molecule has 0 amide bonds. The molecule has 8 nitrogen and oxygen atoms in total. The predicted molar refractivity (Wildman–Crippen MR) is 131 cm³/mol. The van der Waals surface area contributed by atoms with Gasteiger partial charge in [0, 0.05) is 19.2 Å². The summed E-state index contributed by atoms with van der Waals surface area (Å²) < 4.78 is 21.9. The Morgan fingerprint density at radius 2 is 1.66 bits per heavy atom. The van der Waals surface area contributed by atoms with Gasteiger partial charge in [-0.25, -0.2) is 9.59 Å². The van der Waals surface area contributed by atoms with Crippen LogP contribution in [-0.4, -0.2) is 67.5 Å². The summed E-state index contributed by atoms with van der Waals surface area (Å²) in [5.41, 5.74) is 4.03. The van der Waals surface area contributed by atoms with Crippen molar-refractivity contribution < 1.29 is 33.6 Å². The number of nitrogens with zero attached hydrogens (tertiary/aromatic N) is 1. The minimum Gasteiger partial charge on any atom is -0.478 e. The molecule has 0 spiro atoms. The predicted octanol–water partition coefficient (Wildman–Crippen LogP) is 3.71. The molecule has 0 fully saturated rings. The monoisotopic (exact) mass is 485 g/mol. The Kier molecular flexibility index (Phi) is 8.07. The quantitative estimate of drug-likeness (QED) is 0.537. The maximum absolute atomic E-state index is 12.1. The van der Waals surface area contributed by atoms with Crippen LogP contribution in [0.15, 0.2) is 36.4 Å². The topological polar surface area (TPSA) is 94.5 Å². The highest BCUT2D eigenvalue weighted by molar-refractivity contribution is 5.86. The van der Waals surface area contributed by atoms with E-state index in [0.717, 1.165) is 16.7 Å². The first-order valence-electron chi connectivity index (χ1n) is 11.5. The number of esters is 1. The number of carboxylic acid groups (broad SMARTS) is 1. The van der Waals surface area contributed by atoms with E-state index in [-0.39, 0.29) is 11.6 Å². The van der Waals surface area contributed by atoms with Crippen LogP contribution in [0.5, 0.6) is 11.5 Å². The standard InChI is InChI=1S/C27H35NO7/c1-16-8-10-18(11-9-16)22(32-6)15-28(5)27(3,4)14-19-13-21-20(12-17(19)2)34-23(25(29)30)24(35-21)26(31)33-7/h8-13,22-24H,14-15H2,1-7H3,(H,29,30). The fourth-order valence-corrected chi connectivity index (χ4v) is 4.14. The lowest BCUT2D eigenvalue weighted by atomic mass is 9.90. The van der Waals surface area contributed by atoms with Gasteiger partial charge in [-0.05, 0) is 70.0 Å². The van der Waals surface area contributed by atoms with Crippen molar-refractivity contribution in [2.45, 2.75) is 58.0 Å². The van der Waals surface area contributed by atoms with Gasteiger partial charge in [-0.1, -0.05) is 29.8 Å². The van der Waals surface area contributed by atoms with Crippen molar-refractivity contribution in [1.82, 2.24) is 4.90 Å². The summed E-state index contributed by atoms with van der Waals surface area (Å²) in [4.78, 5) is 26.0. The summed E-state index contributed by atoms with van der Waals surface area (Å²) in [7, 11) is 4.97. The van der Waals surface area contributed by atoms with E-state index in [1.165, 1.54) is 12.7 Å². The number of carboxylic acids is 1. The Hall–Kier alpha value is -3.10. The number of carbonyl (C=O) groups excluding carboxylic acids is 1. The second kappa shape index (κ2) is 10.7. The summed E-state index contributed by atoms with van der Waals surface area (Å²) in [6.45, 7) is 9.01. The van der Waals surface area contributed by atoms with Crippen LogP contribution in [0.1, 0.15) is 42.2 Å². The number of rotatable bonds is 9. The first-order valence-corrected chi connectivity index (χ1v) is 11.5. The van der Waals surface area contributed by atoms with Crippen LogP contribution < -0.4 is 9.47 Å². The van der Waals surface area contributed by atoms with Crippen LogP contribution in [0.2, 0.25) is 0 Å². The Morgan fingerprint density at radius 1 is 1.06 bits per heavy atom. The van der Waals surface area contributed by atoms with E-state index >= 15 is 0 Å². The van der Waals surface area contributed by atoms with E-state index < -0.39 is 24.1 Å². The highest BCUT2D eigenvalue weighted by atomic mass is 16.6. The maximum Gasteiger partial charge on any atom is 0.351 e. The molecule has 1 heterocycles. The van der Waals surface area contributed by atoms with Gasteiger partial charge >= 0.3 is 11.9 Å². The van der Waals surface area contributed by atoms with Gasteiger partial charge in [-0.2, -0.15) is 0 Å². The second-order valence-electron chi connectivity index (χ2n) is 9.67. The van der Waals surface area contributed by atoms with Crippen LogP contribution in [0.4, 0.5) is 0 Å². The van der Waals surface area contributed by atoms with Crippen LogP contribution in [0.3, 0.4) is 0 Å². The van der Waals surface area contributed by atoms with E-state index in [2.05, 4.69) is 57.0 Å². The summed E-state index contributed by atoms with van der Waals surface area (Å²) in [5, 5.41) is 9.48. The lowest BCUT2D eigenvalue weighted by molar-refractivity contribution is -0.166. The number of methoxy groups -OCH3 is 2. The molecule has 0 aliphatic carbocycles. The van der Waals surface area contributed by atoms with E-state index in [4.69, 9.17) is 18.9 Å². The molecule has 2 aromatic carbocycles. The lowest BCUT2D eigenvalue weighted by Crippen LogP contribution is -2.50. The summed E-state index contributed by atoms with van der Waals surface area (Å²) in [6, 6.07) is 11.9. The van der Waals surface area contributed by atoms with Crippen LogP contribution in [0, 0.1) is 13.8 Å². The Bertz CT molecular complexity index is 1060. The molecule has 1 aliphatic heterocycles. The molecule has 1 aliphatic rings. The minimum absolute atomic E-state index is 0.0741. The number of aliphatic carboxylic acids is 1. The zero-order valence-electron chi connectivity index (χ0n) is 21.5. The molecule has 1 N–H and O–H groups in total. The second-order valence-corrected chi connectivity index (χ2v) is 9.67. The van der Waals surface area contributed by atoms with E-state index in [9.17, 15) is 14.7 Å². The molecule has 3 rings (SSSR count). The fraction of sp³-hybridized carbons (Fsp3) is 0.481. The van der Waals surface area contributed by atoms with Crippen LogP contribution in [-0.2, 0) is 25.5 Å². The van der Waals surface area contributed by atoms with Crippen molar-refractivity contribution in [2.75, 3.05) is 27.8 Å². The normalized spacial score (nSPS) is 18.3. The Balaban J connectivity index is 1.80. The molecule has 0 bridgehead atoms. The lowest BCUT2D eigenvalue weighted by Gasteiger charge is -2.38. The fourth-order valence-electron chi connectivity index (χ4n) is 4.14. The first-order chi connectivity index (χ1) is 16.5. The van der Waals surface area contributed by atoms with Gasteiger partial charge in [0.2, 0.25) is 12.2 Å². The molecular formula is C27H35NO7. The highest BCUT2D eigenvalue weighted by Crippen LogP contribution is 2.38. The first kappa shape index (κ1) is 26.5. The maximum atomic E-state index is 12.1.